The molecule has 0 saturated carbocycles. The number of benzene rings is 2. The molecule has 0 bridgehead atoms. The molecule has 2 N–H and O–H groups in total. The number of anilines is 1. The van der Waals surface area contributed by atoms with Gasteiger partial charge in [-0.15, -0.1) is 0 Å². The van der Waals surface area contributed by atoms with Gasteiger partial charge in [0.25, 0.3) is 5.56 Å². The van der Waals surface area contributed by atoms with Gasteiger partial charge in [0.1, 0.15) is 5.82 Å². The quantitative estimate of drug-likeness (QED) is 0.420. The molecule has 1 aliphatic heterocycles. The van der Waals surface area contributed by atoms with E-state index in [0.29, 0.717) is 55.2 Å². The fraction of sp³-hybridized carbons (Fsp3) is 0.370. The zero-order valence-electron chi connectivity index (χ0n) is 21.4. The average molecular weight is 502 g/mol. The highest BCUT2D eigenvalue weighted by Crippen LogP contribution is 2.26. The Bertz CT molecular complexity index is 1550. The Morgan fingerprint density at radius 2 is 1.65 bits per heavy atom. The maximum atomic E-state index is 13.3. The van der Waals surface area contributed by atoms with Crippen LogP contribution < -0.4 is 10.9 Å². The molecule has 5 rings (SSSR count). The standard InChI is InChI=1S/C27H31N7O3/c1-4-24(35)31-27-29-21-9-7-18(15-22(21)30-27)17-6-8-20-19(14-17)26(37)32(3)23(28-20)16-33-10-12-34(13-11-33)25(36)5-2/h6-9,14-15H,4-5,10-13,16H2,1-3H3,(H2,29,30,31,35). The van der Waals surface area contributed by atoms with E-state index in [9.17, 15) is 14.4 Å². The van der Waals surface area contributed by atoms with Crippen LogP contribution >= 0.6 is 0 Å². The van der Waals surface area contributed by atoms with Crippen LogP contribution in [0.15, 0.2) is 41.2 Å². The van der Waals surface area contributed by atoms with Crippen LogP contribution in [0, 0.1) is 0 Å². The summed E-state index contributed by atoms with van der Waals surface area (Å²) >= 11 is 0. The van der Waals surface area contributed by atoms with Crippen molar-refractivity contribution < 1.29 is 9.59 Å². The lowest BCUT2D eigenvalue weighted by Crippen LogP contribution is -2.48. The number of amides is 2. The number of aromatic amines is 1. The second-order valence-corrected chi connectivity index (χ2v) is 9.35. The van der Waals surface area contributed by atoms with Crippen molar-refractivity contribution in [2.24, 2.45) is 7.05 Å². The molecule has 3 heterocycles. The second-order valence-electron chi connectivity index (χ2n) is 9.35. The summed E-state index contributed by atoms with van der Waals surface area (Å²) in [6.07, 6.45) is 0.900. The number of nitrogens with one attached hydrogen (secondary N) is 2. The molecule has 1 aliphatic rings. The van der Waals surface area contributed by atoms with Crippen LogP contribution in [0.2, 0.25) is 0 Å². The molecular formula is C27H31N7O3. The van der Waals surface area contributed by atoms with Gasteiger partial charge in [0.05, 0.1) is 28.5 Å². The van der Waals surface area contributed by atoms with Gasteiger partial charge in [0.15, 0.2) is 0 Å². The van der Waals surface area contributed by atoms with E-state index >= 15 is 0 Å². The molecule has 0 aliphatic carbocycles. The Labute approximate surface area is 214 Å². The van der Waals surface area contributed by atoms with Crippen LogP contribution in [0.1, 0.15) is 32.5 Å². The van der Waals surface area contributed by atoms with Gasteiger partial charge in [-0.25, -0.2) is 9.97 Å². The fourth-order valence-corrected chi connectivity index (χ4v) is 4.69. The highest BCUT2D eigenvalue weighted by Gasteiger charge is 2.21. The van der Waals surface area contributed by atoms with Crippen LogP contribution in [0.25, 0.3) is 33.1 Å². The SMILES string of the molecule is CCC(=O)Nc1nc2ccc(-c3ccc4nc(CN5CCN(C(=O)CC)CC5)n(C)c(=O)c4c3)cc2[nH]1. The van der Waals surface area contributed by atoms with E-state index in [-0.39, 0.29) is 17.4 Å². The Kier molecular flexibility index (Phi) is 6.75. The lowest BCUT2D eigenvalue weighted by molar-refractivity contribution is -0.132. The lowest BCUT2D eigenvalue weighted by atomic mass is 10.0. The van der Waals surface area contributed by atoms with Crippen molar-refractivity contribution in [1.82, 2.24) is 29.3 Å². The number of nitrogens with zero attached hydrogens (tertiary/aromatic N) is 5. The first-order valence-corrected chi connectivity index (χ1v) is 12.7. The van der Waals surface area contributed by atoms with Gasteiger partial charge in [0, 0.05) is 46.1 Å². The van der Waals surface area contributed by atoms with E-state index in [1.54, 1.807) is 18.5 Å². The predicted molar refractivity (Wildman–Crippen MR) is 143 cm³/mol. The number of H-pyrrole nitrogens is 1. The van der Waals surface area contributed by atoms with Gasteiger partial charge in [-0.2, -0.15) is 0 Å². The van der Waals surface area contributed by atoms with E-state index in [1.807, 2.05) is 48.2 Å². The predicted octanol–water partition coefficient (Wildman–Crippen LogP) is 2.88. The topological polar surface area (TPSA) is 116 Å². The third-order valence-corrected chi connectivity index (χ3v) is 6.95. The molecule has 0 radical (unpaired) electrons. The summed E-state index contributed by atoms with van der Waals surface area (Å²) in [7, 11) is 1.76. The summed E-state index contributed by atoms with van der Waals surface area (Å²) in [5.74, 6) is 1.20. The van der Waals surface area contributed by atoms with Gasteiger partial charge >= 0.3 is 0 Å². The van der Waals surface area contributed by atoms with E-state index in [2.05, 4.69) is 20.2 Å². The number of imidazole rings is 1. The Balaban J connectivity index is 1.39. The van der Waals surface area contributed by atoms with Gasteiger partial charge in [-0.05, 0) is 35.4 Å². The van der Waals surface area contributed by atoms with E-state index in [4.69, 9.17) is 4.98 Å². The van der Waals surface area contributed by atoms with Crippen LogP contribution in [0.3, 0.4) is 0 Å². The number of carbonyl (C=O) groups is 2. The largest absolute Gasteiger partial charge is 0.340 e. The second kappa shape index (κ2) is 10.1. The molecular weight excluding hydrogens is 470 g/mol. The third-order valence-electron chi connectivity index (χ3n) is 6.95. The first-order valence-electron chi connectivity index (χ1n) is 12.7. The molecule has 1 fully saturated rings. The van der Waals surface area contributed by atoms with E-state index in [0.717, 1.165) is 35.2 Å². The molecule has 4 aromatic rings. The van der Waals surface area contributed by atoms with E-state index in [1.165, 1.54) is 0 Å². The van der Waals surface area contributed by atoms with Gasteiger partial charge < -0.3 is 9.88 Å². The molecule has 2 aromatic heterocycles. The van der Waals surface area contributed by atoms with Crippen molar-refractivity contribution in [1.29, 1.82) is 0 Å². The van der Waals surface area contributed by atoms with Crippen molar-refractivity contribution in [3.63, 3.8) is 0 Å². The van der Waals surface area contributed by atoms with Crippen molar-refractivity contribution in [3.05, 3.63) is 52.6 Å². The highest BCUT2D eigenvalue weighted by atomic mass is 16.2. The van der Waals surface area contributed by atoms with Crippen molar-refractivity contribution >= 4 is 39.7 Å². The average Bonchev–Trinajstić information content (AvgIpc) is 3.32. The van der Waals surface area contributed by atoms with Gasteiger partial charge in [-0.3, -0.25) is 29.2 Å². The fourth-order valence-electron chi connectivity index (χ4n) is 4.69. The molecule has 37 heavy (non-hydrogen) atoms. The van der Waals surface area contributed by atoms with Crippen LogP contribution in [-0.4, -0.2) is 67.3 Å². The van der Waals surface area contributed by atoms with Gasteiger partial charge in [-0.1, -0.05) is 26.0 Å². The Morgan fingerprint density at radius 1 is 0.946 bits per heavy atom. The molecule has 0 spiro atoms. The van der Waals surface area contributed by atoms with Crippen LogP contribution in [0.4, 0.5) is 5.95 Å². The van der Waals surface area contributed by atoms with Gasteiger partial charge in [0.2, 0.25) is 17.8 Å². The first-order chi connectivity index (χ1) is 17.9. The lowest BCUT2D eigenvalue weighted by Gasteiger charge is -2.34. The molecule has 10 nitrogen and oxygen atoms in total. The molecule has 2 aromatic carbocycles. The van der Waals surface area contributed by atoms with Crippen LogP contribution in [-0.2, 0) is 23.2 Å². The van der Waals surface area contributed by atoms with Crippen molar-refractivity contribution in [2.75, 3.05) is 31.5 Å². The maximum Gasteiger partial charge on any atom is 0.261 e. The Hall–Kier alpha value is -4.05. The van der Waals surface area contributed by atoms with Crippen LogP contribution in [0.5, 0.6) is 0 Å². The summed E-state index contributed by atoms with van der Waals surface area (Å²) in [6, 6.07) is 11.5. The minimum Gasteiger partial charge on any atom is -0.340 e. The zero-order valence-corrected chi connectivity index (χ0v) is 21.4. The number of rotatable bonds is 6. The molecule has 2 amide bonds. The summed E-state index contributed by atoms with van der Waals surface area (Å²) < 4.78 is 1.62. The maximum absolute atomic E-state index is 13.3. The summed E-state index contributed by atoms with van der Waals surface area (Å²) in [5, 5.41) is 3.30. The summed E-state index contributed by atoms with van der Waals surface area (Å²) in [5.41, 5.74) is 3.94. The van der Waals surface area contributed by atoms with Crippen molar-refractivity contribution in [2.45, 2.75) is 33.2 Å². The highest BCUT2D eigenvalue weighted by molar-refractivity contribution is 5.92. The number of aromatic nitrogens is 4. The zero-order chi connectivity index (χ0) is 26.1. The first kappa shape index (κ1) is 24.6. The summed E-state index contributed by atoms with van der Waals surface area (Å²) in [6.45, 7) is 7.16. The van der Waals surface area contributed by atoms with Crippen molar-refractivity contribution in [3.8, 4) is 11.1 Å². The molecule has 0 unspecified atom stereocenters. The monoisotopic (exact) mass is 501 g/mol. The molecule has 192 valence electrons. The Morgan fingerprint density at radius 3 is 2.35 bits per heavy atom. The normalized spacial score (nSPS) is 14.4. The minimum atomic E-state index is -0.106. The number of carbonyl (C=O) groups excluding carboxylic acids is 2. The number of fused-ring (bicyclic) bond motifs is 2. The number of hydrogen-bond acceptors (Lipinski definition) is 6. The number of piperazine rings is 1. The molecule has 1 saturated heterocycles. The molecule has 10 heteroatoms. The third kappa shape index (κ3) is 4.97. The van der Waals surface area contributed by atoms with E-state index < -0.39 is 0 Å². The smallest absolute Gasteiger partial charge is 0.261 e. The minimum absolute atomic E-state index is 0.0890. The number of hydrogen-bond donors (Lipinski definition) is 2. The molecule has 0 atom stereocenters. The summed E-state index contributed by atoms with van der Waals surface area (Å²) in [4.78, 5) is 53.4.